The molecule has 1 aromatic carbocycles. The van der Waals surface area contributed by atoms with Crippen LogP contribution in [0.2, 0.25) is 5.02 Å². The van der Waals surface area contributed by atoms with E-state index in [-0.39, 0.29) is 12.4 Å². The Morgan fingerprint density at radius 2 is 2.24 bits per heavy atom. The summed E-state index contributed by atoms with van der Waals surface area (Å²) in [7, 11) is 0. The first-order chi connectivity index (χ1) is 9.81. The highest BCUT2D eigenvalue weighted by molar-refractivity contribution is 6.31. The first kappa shape index (κ1) is 16.1. The molecule has 1 aliphatic heterocycles. The third-order valence-corrected chi connectivity index (χ3v) is 3.92. The lowest BCUT2D eigenvalue weighted by atomic mass is 10.1. The highest BCUT2D eigenvalue weighted by Crippen LogP contribution is 2.18. The molecule has 1 atom stereocenters. The average Bonchev–Trinajstić information content (AvgIpc) is 3.10. The fraction of sp³-hybridized carbons (Fsp3) is 0.400. The van der Waals surface area contributed by atoms with Gasteiger partial charge in [0.25, 0.3) is 0 Å². The summed E-state index contributed by atoms with van der Waals surface area (Å²) in [5.41, 5.74) is 1.06. The van der Waals surface area contributed by atoms with E-state index in [4.69, 9.17) is 16.3 Å². The molecule has 0 spiro atoms. The van der Waals surface area contributed by atoms with Crippen molar-refractivity contribution >= 4 is 24.0 Å². The smallest absolute Gasteiger partial charge is 0.157 e. The van der Waals surface area contributed by atoms with Crippen LogP contribution in [-0.2, 0) is 6.54 Å². The highest BCUT2D eigenvalue weighted by atomic mass is 35.5. The first-order valence-corrected chi connectivity index (χ1v) is 7.28. The number of benzene rings is 1. The van der Waals surface area contributed by atoms with Crippen molar-refractivity contribution in [1.29, 1.82) is 0 Å². The molecule has 1 saturated heterocycles. The van der Waals surface area contributed by atoms with Crippen molar-refractivity contribution < 1.29 is 4.74 Å². The molecule has 0 aliphatic carbocycles. The fourth-order valence-corrected chi connectivity index (χ4v) is 2.57. The van der Waals surface area contributed by atoms with Gasteiger partial charge in [-0.25, -0.2) is 0 Å². The maximum absolute atomic E-state index is 6.15. The molecule has 0 bridgehead atoms. The number of hydrogen-bond donors (Lipinski definition) is 1. The third kappa shape index (κ3) is 4.37. The van der Waals surface area contributed by atoms with Crippen LogP contribution >= 0.6 is 24.0 Å². The minimum atomic E-state index is 0. The van der Waals surface area contributed by atoms with E-state index in [0.29, 0.717) is 12.5 Å². The molecular formula is C15H19Cl2N3O. The summed E-state index contributed by atoms with van der Waals surface area (Å²) < 4.78 is 7.63. The van der Waals surface area contributed by atoms with E-state index in [2.05, 4.69) is 10.4 Å². The molecular weight excluding hydrogens is 309 g/mol. The summed E-state index contributed by atoms with van der Waals surface area (Å²) in [6.45, 7) is 3.56. The normalized spacial score (nSPS) is 17.5. The topological polar surface area (TPSA) is 39.1 Å². The Kier molecular flexibility index (Phi) is 5.91. The second kappa shape index (κ2) is 7.69. The standard InChI is InChI=1S/C15H18ClN3O.ClH/c16-15-4-2-1-3-13(15)9-19-10-14(8-18-19)20-11-12-5-6-17-7-12;/h1-4,8,10,12,17H,5-7,9,11H2;1H. The molecule has 1 N–H and O–H groups in total. The quantitative estimate of drug-likeness (QED) is 0.917. The van der Waals surface area contributed by atoms with Gasteiger partial charge in [0.05, 0.1) is 25.5 Å². The van der Waals surface area contributed by atoms with Crippen molar-refractivity contribution in [3.05, 3.63) is 47.2 Å². The van der Waals surface area contributed by atoms with Crippen LogP contribution in [0.15, 0.2) is 36.7 Å². The minimum Gasteiger partial charge on any atom is -0.490 e. The second-order valence-corrected chi connectivity index (χ2v) is 5.54. The largest absolute Gasteiger partial charge is 0.490 e. The van der Waals surface area contributed by atoms with Gasteiger partial charge in [-0.2, -0.15) is 5.10 Å². The van der Waals surface area contributed by atoms with Crippen LogP contribution in [0.3, 0.4) is 0 Å². The van der Waals surface area contributed by atoms with Gasteiger partial charge in [-0.1, -0.05) is 29.8 Å². The summed E-state index contributed by atoms with van der Waals surface area (Å²) in [6.07, 6.45) is 4.87. The van der Waals surface area contributed by atoms with Crippen LogP contribution in [0.25, 0.3) is 0 Å². The lowest BCUT2D eigenvalue weighted by Crippen LogP contribution is -2.15. The van der Waals surface area contributed by atoms with Crippen LogP contribution in [0.1, 0.15) is 12.0 Å². The molecule has 0 saturated carbocycles. The van der Waals surface area contributed by atoms with Crippen molar-refractivity contribution in [2.24, 2.45) is 5.92 Å². The molecule has 0 amide bonds. The van der Waals surface area contributed by atoms with Gasteiger partial charge in [0, 0.05) is 17.5 Å². The zero-order valence-corrected chi connectivity index (χ0v) is 13.2. The molecule has 4 nitrogen and oxygen atoms in total. The van der Waals surface area contributed by atoms with E-state index in [1.165, 1.54) is 6.42 Å². The SMILES string of the molecule is Cl.Clc1ccccc1Cn1cc(OCC2CCNC2)cn1. The Balaban J connectivity index is 0.00000161. The number of ether oxygens (including phenoxy) is 1. The van der Waals surface area contributed by atoms with Crippen LogP contribution in [0.5, 0.6) is 5.75 Å². The molecule has 3 rings (SSSR count). The third-order valence-electron chi connectivity index (χ3n) is 3.55. The van der Waals surface area contributed by atoms with Gasteiger partial charge < -0.3 is 10.1 Å². The molecule has 21 heavy (non-hydrogen) atoms. The number of halogens is 2. The van der Waals surface area contributed by atoms with Crippen molar-refractivity contribution in [3.8, 4) is 5.75 Å². The molecule has 1 aromatic heterocycles. The van der Waals surface area contributed by atoms with E-state index in [0.717, 1.165) is 36.0 Å². The minimum absolute atomic E-state index is 0. The Morgan fingerprint density at radius 1 is 1.38 bits per heavy atom. The van der Waals surface area contributed by atoms with Crippen molar-refractivity contribution in [2.75, 3.05) is 19.7 Å². The van der Waals surface area contributed by atoms with Gasteiger partial charge in [-0.15, -0.1) is 12.4 Å². The van der Waals surface area contributed by atoms with Crippen LogP contribution in [-0.4, -0.2) is 29.5 Å². The van der Waals surface area contributed by atoms with Gasteiger partial charge in [-0.3, -0.25) is 4.68 Å². The van der Waals surface area contributed by atoms with E-state index in [1.807, 2.05) is 35.1 Å². The van der Waals surface area contributed by atoms with Crippen LogP contribution in [0.4, 0.5) is 0 Å². The monoisotopic (exact) mass is 327 g/mol. The molecule has 114 valence electrons. The molecule has 1 unspecified atom stereocenters. The van der Waals surface area contributed by atoms with E-state index in [9.17, 15) is 0 Å². The zero-order valence-electron chi connectivity index (χ0n) is 11.7. The molecule has 1 aliphatic rings. The van der Waals surface area contributed by atoms with Gasteiger partial charge >= 0.3 is 0 Å². The molecule has 2 heterocycles. The van der Waals surface area contributed by atoms with Gasteiger partial charge in [0.2, 0.25) is 0 Å². The highest BCUT2D eigenvalue weighted by Gasteiger charge is 2.15. The van der Waals surface area contributed by atoms with Gasteiger partial charge in [-0.05, 0) is 24.6 Å². The summed E-state index contributed by atoms with van der Waals surface area (Å²) in [6, 6.07) is 7.81. The Labute approximate surface area is 135 Å². The van der Waals surface area contributed by atoms with Crippen LogP contribution < -0.4 is 10.1 Å². The zero-order chi connectivity index (χ0) is 13.8. The summed E-state index contributed by atoms with van der Waals surface area (Å²) in [5.74, 6) is 1.44. The Morgan fingerprint density at radius 3 is 3.00 bits per heavy atom. The average molecular weight is 328 g/mol. The van der Waals surface area contributed by atoms with E-state index >= 15 is 0 Å². The van der Waals surface area contributed by atoms with E-state index in [1.54, 1.807) is 6.20 Å². The van der Waals surface area contributed by atoms with Crippen molar-refractivity contribution in [3.63, 3.8) is 0 Å². The predicted octanol–water partition coefficient (Wildman–Crippen LogP) is 2.99. The predicted molar refractivity (Wildman–Crippen MR) is 86.5 cm³/mol. The maximum atomic E-state index is 6.15. The lowest BCUT2D eigenvalue weighted by Gasteiger charge is -2.08. The Bertz CT molecular complexity index is 568. The Hall–Kier alpha value is -1.23. The number of aromatic nitrogens is 2. The van der Waals surface area contributed by atoms with Crippen molar-refractivity contribution in [2.45, 2.75) is 13.0 Å². The molecule has 0 radical (unpaired) electrons. The van der Waals surface area contributed by atoms with Crippen molar-refractivity contribution in [1.82, 2.24) is 15.1 Å². The number of nitrogens with one attached hydrogen (secondary N) is 1. The summed E-state index contributed by atoms with van der Waals surface area (Å²) >= 11 is 6.15. The fourth-order valence-electron chi connectivity index (χ4n) is 2.38. The number of nitrogens with zero attached hydrogens (tertiary/aromatic N) is 2. The molecule has 1 fully saturated rings. The van der Waals surface area contributed by atoms with Gasteiger partial charge in [0.1, 0.15) is 0 Å². The van der Waals surface area contributed by atoms with Crippen LogP contribution in [0, 0.1) is 5.92 Å². The molecule has 2 aromatic rings. The van der Waals surface area contributed by atoms with Gasteiger partial charge in [0.15, 0.2) is 5.75 Å². The van der Waals surface area contributed by atoms with E-state index < -0.39 is 0 Å². The first-order valence-electron chi connectivity index (χ1n) is 6.90. The summed E-state index contributed by atoms with van der Waals surface area (Å²) in [5, 5.41) is 8.42. The number of hydrogen-bond acceptors (Lipinski definition) is 3. The summed E-state index contributed by atoms with van der Waals surface area (Å²) in [4.78, 5) is 0. The lowest BCUT2D eigenvalue weighted by molar-refractivity contribution is 0.260. The maximum Gasteiger partial charge on any atom is 0.157 e. The second-order valence-electron chi connectivity index (χ2n) is 5.13. The number of rotatable bonds is 5. The molecule has 6 heteroatoms.